The lowest BCUT2D eigenvalue weighted by Crippen LogP contribution is -2.56. The molecule has 3 amide bonds. The van der Waals surface area contributed by atoms with Crippen molar-refractivity contribution in [2.45, 2.75) is 90.6 Å². The number of ether oxygens (including phenoxy) is 2. The van der Waals surface area contributed by atoms with Crippen LogP contribution >= 0.6 is 0 Å². The van der Waals surface area contributed by atoms with Crippen LogP contribution < -0.4 is 16.4 Å². The molecule has 1 unspecified atom stereocenters. The molecule has 0 radical (unpaired) electrons. The van der Waals surface area contributed by atoms with Crippen molar-refractivity contribution in [3.63, 3.8) is 0 Å². The Kier molecular flexibility index (Phi) is 13.6. The number of carboxylic acid groups (broad SMARTS) is 1. The average molecular weight is 605 g/mol. The number of benzene rings is 1. The van der Waals surface area contributed by atoms with Crippen molar-refractivity contribution in [3.05, 3.63) is 35.9 Å². The lowest BCUT2D eigenvalue weighted by Gasteiger charge is -2.36. The normalized spacial score (nSPS) is 19.1. The SMILES string of the molecule is CCC(C)[C@H](N)C(=O)N1CC[C@@H](OC(C)=O)[C@H]1[C@H](CC(=O)O)OC(=O)[C@H](Cc1ccccc1)NC(=O)CNC(=O)C(C)C. The quantitative estimate of drug-likeness (QED) is 0.208. The number of amides is 3. The summed E-state index contributed by atoms with van der Waals surface area (Å²) in [4.78, 5) is 76.9. The molecule has 1 fully saturated rings. The summed E-state index contributed by atoms with van der Waals surface area (Å²) in [5, 5.41) is 14.8. The minimum atomic E-state index is -1.43. The van der Waals surface area contributed by atoms with Crippen LogP contribution in [0.3, 0.4) is 0 Å². The molecular weight excluding hydrogens is 560 g/mol. The van der Waals surface area contributed by atoms with Gasteiger partial charge in [0.05, 0.1) is 19.0 Å². The highest BCUT2D eigenvalue weighted by Gasteiger charge is 2.48. The Morgan fingerprint density at radius 1 is 1.09 bits per heavy atom. The third-order valence-electron chi connectivity index (χ3n) is 7.41. The van der Waals surface area contributed by atoms with E-state index in [0.29, 0.717) is 12.0 Å². The van der Waals surface area contributed by atoms with Gasteiger partial charge in [-0.25, -0.2) is 4.79 Å². The number of hydrogen-bond donors (Lipinski definition) is 4. The minimum absolute atomic E-state index is 0.00288. The van der Waals surface area contributed by atoms with Gasteiger partial charge < -0.3 is 35.8 Å². The molecule has 0 saturated carbocycles. The van der Waals surface area contributed by atoms with E-state index >= 15 is 0 Å². The Morgan fingerprint density at radius 2 is 1.74 bits per heavy atom. The van der Waals surface area contributed by atoms with Crippen molar-refractivity contribution >= 4 is 35.6 Å². The Bertz CT molecular complexity index is 1140. The first-order valence-electron chi connectivity index (χ1n) is 14.5. The topological polar surface area (TPSA) is 194 Å². The van der Waals surface area contributed by atoms with Crippen LogP contribution in [0.2, 0.25) is 0 Å². The fraction of sp³-hybridized carbons (Fsp3) is 0.600. The van der Waals surface area contributed by atoms with E-state index in [4.69, 9.17) is 15.2 Å². The highest BCUT2D eigenvalue weighted by atomic mass is 16.6. The molecule has 0 aromatic heterocycles. The second kappa shape index (κ2) is 16.6. The predicted molar refractivity (Wildman–Crippen MR) is 155 cm³/mol. The number of esters is 2. The van der Waals surface area contributed by atoms with Gasteiger partial charge >= 0.3 is 17.9 Å². The summed E-state index contributed by atoms with van der Waals surface area (Å²) in [6, 6.07) is 5.48. The van der Waals surface area contributed by atoms with E-state index < -0.39 is 66.5 Å². The third-order valence-corrected chi connectivity index (χ3v) is 7.41. The number of aliphatic carboxylic acids is 1. The zero-order chi connectivity index (χ0) is 32.3. The first kappa shape index (κ1) is 35.2. The second-order valence-electron chi connectivity index (χ2n) is 11.1. The molecule has 43 heavy (non-hydrogen) atoms. The van der Waals surface area contributed by atoms with Gasteiger partial charge in [0, 0.05) is 32.2 Å². The number of hydrogen-bond acceptors (Lipinski definition) is 9. The van der Waals surface area contributed by atoms with E-state index in [1.807, 2.05) is 13.8 Å². The summed E-state index contributed by atoms with van der Waals surface area (Å²) in [5.41, 5.74) is 6.90. The molecule has 2 rings (SSSR count). The molecule has 1 aliphatic rings. The van der Waals surface area contributed by atoms with E-state index in [9.17, 15) is 33.9 Å². The zero-order valence-electron chi connectivity index (χ0n) is 25.4. The van der Waals surface area contributed by atoms with Gasteiger partial charge in [0.25, 0.3) is 0 Å². The third kappa shape index (κ3) is 10.7. The second-order valence-corrected chi connectivity index (χ2v) is 11.1. The summed E-state index contributed by atoms with van der Waals surface area (Å²) in [7, 11) is 0. The molecule has 5 N–H and O–H groups in total. The minimum Gasteiger partial charge on any atom is -0.481 e. The molecular formula is C30H44N4O9. The van der Waals surface area contributed by atoms with E-state index in [1.165, 1.54) is 11.8 Å². The summed E-state index contributed by atoms with van der Waals surface area (Å²) in [5.74, 6) is -4.94. The molecule has 1 aliphatic heterocycles. The van der Waals surface area contributed by atoms with Crippen LogP contribution in [-0.2, 0) is 44.7 Å². The largest absolute Gasteiger partial charge is 0.481 e. The van der Waals surface area contributed by atoms with Gasteiger partial charge in [-0.15, -0.1) is 0 Å². The van der Waals surface area contributed by atoms with E-state index in [-0.39, 0.29) is 43.7 Å². The zero-order valence-corrected chi connectivity index (χ0v) is 25.4. The van der Waals surface area contributed by atoms with Crippen LogP contribution in [0.25, 0.3) is 0 Å². The highest BCUT2D eigenvalue weighted by molar-refractivity contribution is 5.89. The van der Waals surface area contributed by atoms with Crippen molar-refractivity contribution in [2.75, 3.05) is 13.1 Å². The summed E-state index contributed by atoms with van der Waals surface area (Å²) >= 11 is 0. The summed E-state index contributed by atoms with van der Waals surface area (Å²) in [6.45, 7) is 7.94. The van der Waals surface area contributed by atoms with Crippen molar-refractivity contribution in [2.24, 2.45) is 17.6 Å². The number of carbonyl (C=O) groups excluding carboxylic acids is 5. The van der Waals surface area contributed by atoms with Crippen molar-refractivity contribution in [1.82, 2.24) is 15.5 Å². The number of carboxylic acids is 1. The van der Waals surface area contributed by atoms with Gasteiger partial charge in [-0.2, -0.15) is 0 Å². The van der Waals surface area contributed by atoms with Gasteiger partial charge in [-0.3, -0.25) is 24.0 Å². The number of carbonyl (C=O) groups is 6. The van der Waals surface area contributed by atoms with Gasteiger partial charge in [0.1, 0.15) is 24.3 Å². The van der Waals surface area contributed by atoms with Gasteiger partial charge in [-0.1, -0.05) is 64.4 Å². The summed E-state index contributed by atoms with van der Waals surface area (Å²) in [6.07, 6.45) is -2.27. The van der Waals surface area contributed by atoms with Crippen LogP contribution in [0, 0.1) is 11.8 Å². The molecule has 1 heterocycles. The Labute approximate surface area is 251 Å². The smallest absolute Gasteiger partial charge is 0.329 e. The van der Waals surface area contributed by atoms with E-state index in [1.54, 1.807) is 44.2 Å². The van der Waals surface area contributed by atoms with E-state index in [0.717, 1.165) is 0 Å². The number of likely N-dealkylation sites (tertiary alicyclic amines) is 1. The fourth-order valence-corrected chi connectivity index (χ4v) is 4.81. The molecule has 0 bridgehead atoms. The lowest BCUT2D eigenvalue weighted by molar-refractivity contribution is -0.167. The Balaban J connectivity index is 2.39. The summed E-state index contributed by atoms with van der Waals surface area (Å²) < 4.78 is 11.2. The van der Waals surface area contributed by atoms with Gasteiger partial charge in [0.15, 0.2) is 0 Å². The number of nitrogens with zero attached hydrogens (tertiary/aromatic N) is 1. The van der Waals surface area contributed by atoms with E-state index in [2.05, 4.69) is 10.6 Å². The highest BCUT2D eigenvalue weighted by Crippen LogP contribution is 2.29. The Hall–Kier alpha value is -4.00. The molecule has 1 aromatic rings. The van der Waals surface area contributed by atoms with Crippen LogP contribution in [0.15, 0.2) is 30.3 Å². The monoisotopic (exact) mass is 604 g/mol. The molecule has 238 valence electrons. The molecule has 0 spiro atoms. The molecule has 1 aromatic carbocycles. The molecule has 13 nitrogen and oxygen atoms in total. The van der Waals surface area contributed by atoms with Crippen LogP contribution in [0.5, 0.6) is 0 Å². The molecule has 6 atom stereocenters. The van der Waals surface area contributed by atoms with Crippen LogP contribution in [-0.4, -0.2) is 89.1 Å². The fourth-order valence-electron chi connectivity index (χ4n) is 4.81. The molecule has 0 aliphatic carbocycles. The standard InChI is InChI=1S/C30H44N4O9/c1-6-18(4)26(31)29(40)34-13-12-22(42-19(5)35)27(34)23(15-25(37)38)43-30(41)21(14-20-10-8-7-9-11-20)33-24(36)16-32-28(39)17(2)3/h7-11,17-18,21-23,26-27H,6,12-16,31H2,1-5H3,(H,32,39)(H,33,36)(H,37,38)/t18?,21-,22+,23-,26-,27-/m0/s1. The number of nitrogens with two attached hydrogens (primary N) is 1. The first-order valence-corrected chi connectivity index (χ1v) is 14.5. The first-order chi connectivity index (χ1) is 20.2. The average Bonchev–Trinajstić information content (AvgIpc) is 3.36. The molecule has 1 saturated heterocycles. The number of rotatable bonds is 15. The van der Waals surface area contributed by atoms with Crippen molar-refractivity contribution < 1.29 is 43.3 Å². The number of nitrogens with one attached hydrogen (secondary N) is 2. The van der Waals surface area contributed by atoms with Gasteiger partial charge in [0.2, 0.25) is 17.7 Å². The van der Waals surface area contributed by atoms with Crippen LogP contribution in [0.1, 0.15) is 59.4 Å². The maximum absolute atomic E-state index is 13.6. The maximum atomic E-state index is 13.6. The molecule has 13 heteroatoms. The maximum Gasteiger partial charge on any atom is 0.329 e. The van der Waals surface area contributed by atoms with Crippen molar-refractivity contribution in [1.29, 1.82) is 0 Å². The predicted octanol–water partition coefficient (Wildman–Crippen LogP) is 0.779. The van der Waals surface area contributed by atoms with Crippen molar-refractivity contribution in [3.8, 4) is 0 Å². The van der Waals surface area contributed by atoms with Gasteiger partial charge in [-0.05, 0) is 11.5 Å². The lowest BCUT2D eigenvalue weighted by atomic mass is 9.97. The van der Waals surface area contributed by atoms with Crippen LogP contribution in [0.4, 0.5) is 0 Å². The Morgan fingerprint density at radius 3 is 2.30 bits per heavy atom.